The number of hydrogen-bond donors (Lipinski definition) is 1. The molecule has 1 aromatic carbocycles. The van der Waals surface area contributed by atoms with Crippen molar-refractivity contribution < 1.29 is 13.9 Å². The second-order valence-electron chi connectivity index (χ2n) is 3.01. The molecule has 0 saturated carbocycles. The summed E-state index contributed by atoms with van der Waals surface area (Å²) < 4.78 is 27.1. The summed E-state index contributed by atoms with van der Waals surface area (Å²) in [5, 5.41) is 13.3. The Morgan fingerprint density at radius 3 is 2.81 bits per heavy atom. The zero-order valence-electron chi connectivity index (χ0n) is 8.01. The third-order valence-electron chi connectivity index (χ3n) is 1.90. The van der Waals surface area contributed by atoms with Crippen molar-refractivity contribution in [3.05, 3.63) is 48.1 Å². The zero-order chi connectivity index (χ0) is 11.5. The largest absolute Gasteiger partial charge is 0.506 e. The number of rotatable bonds is 2. The standard InChI is InChI=1S/C10H7F2N3O/c11-7-1-2-8(9(12)3-7)10(16)4-15-6-13-5-14-15/h1-6,16H/b10-4-. The lowest BCUT2D eigenvalue weighted by Gasteiger charge is -2.01. The lowest BCUT2D eigenvalue weighted by molar-refractivity contribution is 0.501. The van der Waals surface area contributed by atoms with Gasteiger partial charge >= 0.3 is 0 Å². The highest BCUT2D eigenvalue weighted by molar-refractivity contribution is 5.68. The highest BCUT2D eigenvalue weighted by Crippen LogP contribution is 2.17. The molecule has 2 rings (SSSR count). The maximum atomic E-state index is 13.2. The number of aliphatic hydroxyl groups excluding tert-OH is 1. The van der Waals surface area contributed by atoms with Gasteiger partial charge in [-0.25, -0.2) is 18.4 Å². The summed E-state index contributed by atoms with van der Waals surface area (Å²) in [6, 6.07) is 2.90. The van der Waals surface area contributed by atoms with Crippen molar-refractivity contribution >= 4 is 12.0 Å². The molecular formula is C10H7F2N3O. The van der Waals surface area contributed by atoms with Crippen molar-refractivity contribution in [2.24, 2.45) is 0 Å². The molecule has 0 saturated heterocycles. The Morgan fingerprint density at radius 2 is 2.19 bits per heavy atom. The smallest absolute Gasteiger partial charge is 0.144 e. The fraction of sp³-hybridized carbons (Fsp3) is 0. The Morgan fingerprint density at radius 1 is 1.38 bits per heavy atom. The van der Waals surface area contributed by atoms with Crippen LogP contribution in [0.2, 0.25) is 0 Å². The number of aromatic nitrogens is 3. The van der Waals surface area contributed by atoms with Crippen molar-refractivity contribution in [2.45, 2.75) is 0 Å². The third kappa shape index (κ3) is 2.05. The number of hydrogen-bond acceptors (Lipinski definition) is 3. The summed E-state index contributed by atoms with van der Waals surface area (Å²) in [4.78, 5) is 3.65. The molecule has 82 valence electrons. The van der Waals surface area contributed by atoms with Crippen molar-refractivity contribution in [3.63, 3.8) is 0 Å². The topological polar surface area (TPSA) is 50.9 Å². The van der Waals surface area contributed by atoms with E-state index in [0.717, 1.165) is 12.1 Å². The molecule has 0 unspecified atom stereocenters. The Bertz CT molecular complexity index is 523. The zero-order valence-corrected chi connectivity index (χ0v) is 8.01. The summed E-state index contributed by atoms with van der Waals surface area (Å²) in [5.74, 6) is -1.90. The molecule has 0 radical (unpaired) electrons. The van der Waals surface area contributed by atoms with E-state index < -0.39 is 11.6 Å². The fourth-order valence-corrected chi connectivity index (χ4v) is 1.18. The van der Waals surface area contributed by atoms with Crippen molar-refractivity contribution in [3.8, 4) is 0 Å². The van der Waals surface area contributed by atoms with Crippen LogP contribution in [0.3, 0.4) is 0 Å². The van der Waals surface area contributed by atoms with Gasteiger partial charge in [0.25, 0.3) is 0 Å². The van der Waals surface area contributed by atoms with Gasteiger partial charge in [-0.15, -0.1) is 0 Å². The predicted octanol–water partition coefficient (Wildman–Crippen LogP) is 2.07. The molecule has 0 amide bonds. The van der Waals surface area contributed by atoms with E-state index in [-0.39, 0.29) is 11.3 Å². The Hall–Kier alpha value is -2.24. The van der Waals surface area contributed by atoms with E-state index in [1.807, 2.05) is 0 Å². The van der Waals surface area contributed by atoms with Crippen LogP contribution in [0.4, 0.5) is 8.78 Å². The average Bonchev–Trinajstić information content (AvgIpc) is 2.70. The second-order valence-corrected chi connectivity index (χ2v) is 3.01. The summed E-state index contributed by atoms with van der Waals surface area (Å²) in [6.07, 6.45) is 3.77. The van der Waals surface area contributed by atoms with Gasteiger partial charge in [-0.2, -0.15) is 5.10 Å². The lowest BCUT2D eigenvalue weighted by atomic mass is 10.2. The van der Waals surface area contributed by atoms with Gasteiger partial charge in [-0.1, -0.05) is 0 Å². The predicted molar refractivity (Wildman–Crippen MR) is 53.2 cm³/mol. The van der Waals surface area contributed by atoms with Gasteiger partial charge in [0.2, 0.25) is 0 Å². The van der Waals surface area contributed by atoms with Crippen LogP contribution in [-0.4, -0.2) is 19.9 Å². The van der Waals surface area contributed by atoms with Crippen molar-refractivity contribution in [1.82, 2.24) is 14.8 Å². The summed E-state index contributed by atoms with van der Waals surface area (Å²) in [5.41, 5.74) is -0.100. The molecule has 16 heavy (non-hydrogen) atoms. The van der Waals surface area contributed by atoms with Crippen molar-refractivity contribution in [2.75, 3.05) is 0 Å². The van der Waals surface area contributed by atoms with Crippen LogP contribution in [0.1, 0.15) is 5.56 Å². The SMILES string of the molecule is O/C(=C\n1cncn1)c1ccc(F)cc1F. The van der Waals surface area contributed by atoms with Crippen LogP contribution in [0.25, 0.3) is 12.0 Å². The van der Waals surface area contributed by atoms with Gasteiger partial charge in [0, 0.05) is 6.07 Å². The van der Waals surface area contributed by atoms with E-state index in [2.05, 4.69) is 10.1 Å². The molecule has 2 aromatic rings. The molecule has 1 aromatic heterocycles. The first kappa shape index (κ1) is 10.3. The summed E-state index contributed by atoms with van der Waals surface area (Å²) >= 11 is 0. The van der Waals surface area contributed by atoms with Crippen LogP contribution < -0.4 is 0 Å². The second kappa shape index (κ2) is 4.09. The minimum atomic E-state index is -0.839. The van der Waals surface area contributed by atoms with Crippen LogP contribution in [0.5, 0.6) is 0 Å². The van der Waals surface area contributed by atoms with Crippen LogP contribution in [0, 0.1) is 11.6 Å². The minimum absolute atomic E-state index is 0.100. The molecule has 0 aliphatic carbocycles. The third-order valence-corrected chi connectivity index (χ3v) is 1.90. The van der Waals surface area contributed by atoms with E-state index >= 15 is 0 Å². The number of benzene rings is 1. The maximum absolute atomic E-state index is 13.2. The average molecular weight is 223 g/mol. The molecular weight excluding hydrogens is 216 g/mol. The Balaban J connectivity index is 2.37. The van der Waals surface area contributed by atoms with Gasteiger partial charge in [0.05, 0.1) is 11.8 Å². The molecule has 0 bridgehead atoms. The first-order valence-electron chi connectivity index (χ1n) is 4.37. The van der Waals surface area contributed by atoms with Gasteiger partial charge in [0.15, 0.2) is 0 Å². The number of nitrogens with zero attached hydrogens (tertiary/aromatic N) is 3. The quantitative estimate of drug-likeness (QED) is 0.793. The molecule has 0 aliphatic rings. The monoisotopic (exact) mass is 223 g/mol. The van der Waals surface area contributed by atoms with Crippen LogP contribution >= 0.6 is 0 Å². The van der Waals surface area contributed by atoms with E-state index in [1.54, 1.807) is 0 Å². The molecule has 0 atom stereocenters. The Labute approximate surface area is 89.5 Å². The van der Waals surface area contributed by atoms with Gasteiger partial charge in [0.1, 0.15) is 30.0 Å². The normalized spacial score (nSPS) is 11.8. The lowest BCUT2D eigenvalue weighted by Crippen LogP contribution is -1.94. The highest BCUT2D eigenvalue weighted by atomic mass is 19.1. The van der Waals surface area contributed by atoms with E-state index in [1.165, 1.54) is 23.5 Å². The van der Waals surface area contributed by atoms with E-state index in [9.17, 15) is 13.9 Å². The van der Waals surface area contributed by atoms with Gasteiger partial charge in [-0.3, -0.25) is 0 Å². The number of halogens is 2. The molecule has 0 fully saturated rings. The van der Waals surface area contributed by atoms with Gasteiger partial charge in [-0.05, 0) is 12.1 Å². The van der Waals surface area contributed by atoms with Crippen LogP contribution in [-0.2, 0) is 0 Å². The summed E-state index contributed by atoms with van der Waals surface area (Å²) in [6.45, 7) is 0. The molecule has 6 heteroatoms. The summed E-state index contributed by atoms with van der Waals surface area (Å²) in [7, 11) is 0. The number of aliphatic hydroxyl groups is 1. The Kier molecular flexibility index (Phi) is 2.63. The van der Waals surface area contributed by atoms with E-state index in [4.69, 9.17) is 0 Å². The fourth-order valence-electron chi connectivity index (χ4n) is 1.18. The molecule has 0 aliphatic heterocycles. The van der Waals surface area contributed by atoms with E-state index in [0.29, 0.717) is 6.07 Å². The molecule has 1 heterocycles. The van der Waals surface area contributed by atoms with Gasteiger partial charge < -0.3 is 5.11 Å². The van der Waals surface area contributed by atoms with Crippen molar-refractivity contribution in [1.29, 1.82) is 0 Å². The minimum Gasteiger partial charge on any atom is -0.506 e. The first-order valence-corrected chi connectivity index (χ1v) is 4.37. The molecule has 1 N–H and O–H groups in total. The molecule has 0 spiro atoms. The maximum Gasteiger partial charge on any atom is 0.144 e. The molecule has 4 nitrogen and oxygen atoms in total. The highest BCUT2D eigenvalue weighted by Gasteiger charge is 2.07. The van der Waals surface area contributed by atoms with Crippen LogP contribution in [0.15, 0.2) is 30.9 Å². The first-order chi connectivity index (χ1) is 7.66.